The number of benzene rings is 1. The number of ether oxygens (including phenoxy) is 1. The summed E-state index contributed by atoms with van der Waals surface area (Å²) < 4.78 is 20.1. The molecule has 0 spiro atoms. The molecule has 2 aliphatic heterocycles. The van der Waals surface area contributed by atoms with E-state index in [1.807, 2.05) is 11.8 Å². The quantitative estimate of drug-likeness (QED) is 0.792. The maximum absolute atomic E-state index is 14.7. The van der Waals surface area contributed by atoms with E-state index >= 15 is 0 Å². The molecule has 0 bridgehead atoms. The predicted octanol–water partition coefficient (Wildman–Crippen LogP) is 3.64. The highest BCUT2D eigenvalue weighted by atomic mass is 32.1. The smallest absolute Gasteiger partial charge is 0.414 e. The summed E-state index contributed by atoms with van der Waals surface area (Å²) in [6, 6.07) is 5.00. The third-order valence-electron chi connectivity index (χ3n) is 4.98. The van der Waals surface area contributed by atoms with Gasteiger partial charge in [-0.15, -0.1) is 0 Å². The number of amides is 1. The van der Waals surface area contributed by atoms with E-state index in [4.69, 9.17) is 22.7 Å². The minimum Gasteiger partial charge on any atom is -0.444 e. The number of nitrogens with two attached hydrogens (primary N) is 1. The number of hydrogen-bond donors (Lipinski definition) is 1. The number of hydrogen-bond acceptors (Lipinski definition) is 5. The van der Waals surface area contributed by atoms with E-state index in [1.54, 1.807) is 12.1 Å². The highest BCUT2D eigenvalue weighted by Crippen LogP contribution is 2.29. The first-order valence-corrected chi connectivity index (χ1v) is 9.62. The summed E-state index contributed by atoms with van der Waals surface area (Å²) in [5, 5.41) is 0. The molecule has 1 aromatic carbocycles. The van der Waals surface area contributed by atoms with Gasteiger partial charge in [0.15, 0.2) is 0 Å². The number of nitrogens with zero attached hydrogens (tertiary/aromatic N) is 2. The van der Waals surface area contributed by atoms with Crippen LogP contribution < -0.4 is 15.5 Å². The standard InChI is InChI=1S/C19H26FN3O2S/c1-13(26)5-7-16-12-23(19(24)25-16)15-6-8-18(17(20)10-15)22-9-3-2-4-14(21)11-22/h6,8,10,14,16H,2-5,7,9,11-12,21H2,1H3/t14-,16-/m0/s1. The average molecular weight is 380 g/mol. The van der Waals surface area contributed by atoms with Gasteiger partial charge in [0.25, 0.3) is 0 Å². The lowest BCUT2D eigenvalue weighted by Crippen LogP contribution is -2.36. The molecule has 26 heavy (non-hydrogen) atoms. The fraction of sp³-hybridized carbons (Fsp3) is 0.579. The molecule has 0 unspecified atom stereocenters. The first kappa shape index (κ1) is 19.0. The Bertz CT molecular complexity index is 685. The van der Waals surface area contributed by atoms with Gasteiger partial charge in [-0.1, -0.05) is 18.6 Å². The summed E-state index contributed by atoms with van der Waals surface area (Å²) >= 11 is 5.08. The summed E-state index contributed by atoms with van der Waals surface area (Å²) in [4.78, 5) is 16.5. The van der Waals surface area contributed by atoms with Crippen molar-refractivity contribution in [3.63, 3.8) is 0 Å². The Morgan fingerprint density at radius 2 is 2.19 bits per heavy atom. The number of rotatable bonds is 5. The Balaban J connectivity index is 1.71. The van der Waals surface area contributed by atoms with Gasteiger partial charge < -0.3 is 15.4 Å². The predicted molar refractivity (Wildman–Crippen MR) is 106 cm³/mol. The van der Waals surface area contributed by atoms with Crippen LogP contribution in [0.2, 0.25) is 0 Å². The first-order chi connectivity index (χ1) is 12.4. The number of halogens is 1. The molecule has 2 fully saturated rings. The largest absolute Gasteiger partial charge is 0.444 e. The van der Waals surface area contributed by atoms with Crippen molar-refractivity contribution in [3.8, 4) is 0 Å². The zero-order valence-electron chi connectivity index (χ0n) is 15.1. The lowest BCUT2D eigenvalue weighted by molar-refractivity contribution is 0.138. The van der Waals surface area contributed by atoms with Crippen LogP contribution in [0, 0.1) is 5.82 Å². The molecule has 2 saturated heterocycles. The zero-order chi connectivity index (χ0) is 18.7. The van der Waals surface area contributed by atoms with Gasteiger partial charge >= 0.3 is 6.09 Å². The second kappa shape index (κ2) is 8.31. The van der Waals surface area contributed by atoms with E-state index in [1.165, 1.54) is 11.0 Å². The number of carbonyl (C=O) groups excluding carboxylic acids is 1. The van der Waals surface area contributed by atoms with Crippen molar-refractivity contribution >= 4 is 34.6 Å². The highest BCUT2D eigenvalue weighted by molar-refractivity contribution is 7.80. The van der Waals surface area contributed by atoms with Crippen LogP contribution in [0.3, 0.4) is 0 Å². The van der Waals surface area contributed by atoms with Gasteiger partial charge in [0.1, 0.15) is 11.9 Å². The maximum Gasteiger partial charge on any atom is 0.414 e. The SMILES string of the molecule is CC(=S)CC[C@H]1CN(c2ccc(N3CCCC[C@H](N)C3)c(F)c2)C(=O)O1. The summed E-state index contributed by atoms with van der Waals surface area (Å²) in [5.41, 5.74) is 7.16. The van der Waals surface area contributed by atoms with Crippen LogP contribution in [0.5, 0.6) is 0 Å². The average Bonchev–Trinajstić information content (AvgIpc) is 2.82. The van der Waals surface area contributed by atoms with Crippen LogP contribution in [-0.4, -0.2) is 42.7 Å². The molecule has 2 aliphatic rings. The third-order valence-corrected chi connectivity index (χ3v) is 5.19. The maximum atomic E-state index is 14.7. The van der Waals surface area contributed by atoms with Gasteiger partial charge in [-0.05, 0) is 55.7 Å². The van der Waals surface area contributed by atoms with Crippen LogP contribution in [-0.2, 0) is 4.74 Å². The van der Waals surface area contributed by atoms with E-state index < -0.39 is 6.09 Å². The molecule has 142 valence electrons. The lowest BCUT2D eigenvalue weighted by atomic mass is 10.1. The second-order valence-electron chi connectivity index (χ2n) is 7.19. The first-order valence-electron chi connectivity index (χ1n) is 9.21. The van der Waals surface area contributed by atoms with Crippen molar-refractivity contribution in [3.05, 3.63) is 24.0 Å². The van der Waals surface area contributed by atoms with E-state index in [0.717, 1.165) is 37.1 Å². The van der Waals surface area contributed by atoms with Crippen LogP contribution >= 0.6 is 12.2 Å². The molecule has 5 nitrogen and oxygen atoms in total. The second-order valence-corrected chi connectivity index (χ2v) is 7.89. The topological polar surface area (TPSA) is 58.8 Å². The molecule has 7 heteroatoms. The Hall–Kier alpha value is -1.73. The third kappa shape index (κ3) is 4.51. The molecule has 0 saturated carbocycles. The summed E-state index contributed by atoms with van der Waals surface area (Å²) in [6.45, 7) is 3.76. The monoisotopic (exact) mass is 379 g/mol. The van der Waals surface area contributed by atoms with Gasteiger partial charge in [-0.2, -0.15) is 0 Å². The summed E-state index contributed by atoms with van der Waals surface area (Å²) in [7, 11) is 0. The van der Waals surface area contributed by atoms with Gasteiger partial charge in [-0.25, -0.2) is 9.18 Å². The molecule has 2 N–H and O–H groups in total. The molecule has 0 aliphatic carbocycles. The number of carbonyl (C=O) groups is 1. The molecule has 0 radical (unpaired) electrons. The van der Waals surface area contributed by atoms with E-state index in [9.17, 15) is 9.18 Å². The normalized spacial score (nSPS) is 23.7. The Kier molecular flexibility index (Phi) is 6.09. The number of cyclic esters (lactones) is 1. The molecule has 1 amide bonds. The lowest BCUT2D eigenvalue weighted by Gasteiger charge is -2.26. The van der Waals surface area contributed by atoms with Gasteiger partial charge in [0.05, 0.1) is 17.9 Å². The summed E-state index contributed by atoms with van der Waals surface area (Å²) in [6.07, 6.45) is 3.85. The minimum absolute atomic E-state index is 0.0653. The van der Waals surface area contributed by atoms with Crippen LogP contribution in [0.1, 0.15) is 39.0 Å². The Morgan fingerprint density at radius 3 is 2.92 bits per heavy atom. The van der Waals surface area contributed by atoms with Crippen molar-refractivity contribution in [1.29, 1.82) is 0 Å². The molecule has 0 aromatic heterocycles. The van der Waals surface area contributed by atoms with Crippen molar-refractivity contribution in [1.82, 2.24) is 0 Å². The van der Waals surface area contributed by atoms with Crippen LogP contribution in [0.15, 0.2) is 18.2 Å². The van der Waals surface area contributed by atoms with Crippen LogP contribution in [0.25, 0.3) is 0 Å². The highest BCUT2D eigenvalue weighted by Gasteiger charge is 2.32. The minimum atomic E-state index is -0.430. The number of anilines is 2. The molecule has 2 heterocycles. The van der Waals surface area contributed by atoms with Crippen molar-refractivity contribution < 1.29 is 13.9 Å². The Labute approximate surface area is 159 Å². The van der Waals surface area contributed by atoms with Crippen LogP contribution in [0.4, 0.5) is 20.6 Å². The zero-order valence-corrected chi connectivity index (χ0v) is 15.9. The van der Waals surface area contributed by atoms with Crippen molar-refractivity contribution in [2.45, 2.75) is 51.2 Å². The van der Waals surface area contributed by atoms with Gasteiger partial charge in [0.2, 0.25) is 0 Å². The molecule has 3 rings (SSSR count). The Morgan fingerprint density at radius 1 is 1.38 bits per heavy atom. The fourth-order valence-electron chi connectivity index (χ4n) is 3.56. The van der Waals surface area contributed by atoms with E-state index in [-0.39, 0.29) is 18.0 Å². The van der Waals surface area contributed by atoms with E-state index in [0.29, 0.717) is 30.9 Å². The molecule has 2 atom stereocenters. The molecular weight excluding hydrogens is 353 g/mol. The van der Waals surface area contributed by atoms with Crippen molar-refractivity contribution in [2.75, 3.05) is 29.4 Å². The molecule has 1 aromatic rings. The fourth-order valence-corrected chi connectivity index (χ4v) is 3.68. The van der Waals surface area contributed by atoms with Gasteiger partial charge in [0, 0.05) is 19.1 Å². The number of thiocarbonyl (C=S) groups is 1. The van der Waals surface area contributed by atoms with Crippen molar-refractivity contribution in [2.24, 2.45) is 5.73 Å². The molecular formula is C19H26FN3O2S. The van der Waals surface area contributed by atoms with Gasteiger partial charge in [-0.3, -0.25) is 4.90 Å². The van der Waals surface area contributed by atoms with E-state index in [2.05, 4.69) is 0 Å². The summed E-state index contributed by atoms with van der Waals surface area (Å²) in [5.74, 6) is -0.331.